The van der Waals surface area contributed by atoms with Crippen LogP contribution in [0.25, 0.3) is 21.9 Å². The third kappa shape index (κ3) is 2.52. The third-order valence-electron chi connectivity index (χ3n) is 5.26. The number of carbonyl (C=O) groups excluding carboxylic acids is 1. The monoisotopic (exact) mass is 358 g/mol. The number of hydrogen-bond donors (Lipinski definition) is 2. The first-order valence-corrected chi connectivity index (χ1v) is 9.08. The summed E-state index contributed by atoms with van der Waals surface area (Å²) in [6.07, 6.45) is 3.25. The second kappa shape index (κ2) is 6.09. The van der Waals surface area contributed by atoms with Gasteiger partial charge in [0, 0.05) is 23.6 Å². The van der Waals surface area contributed by atoms with Gasteiger partial charge in [-0.1, -0.05) is 24.3 Å². The lowest BCUT2D eigenvalue weighted by molar-refractivity contribution is 0.0729. The number of amides is 1. The zero-order valence-electron chi connectivity index (χ0n) is 14.6. The molecule has 27 heavy (non-hydrogen) atoms. The molecule has 1 atom stereocenters. The second-order valence-corrected chi connectivity index (χ2v) is 6.87. The van der Waals surface area contributed by atoms with Gasteiger partial charge in [-0.25, -0.2) is 4.98 Å². The number of likely N-dealkylation sites (tertiary alicyclic amines) is 1. The molecule has 134 valence electrons. The minimum absolute atomic E-state index is 0.143. The number of H-pyrrole nitrogens is 2. The maximum Gasteiger partial charge on any atom is 0.259 e. The molecule has 6 heteroatoms. The fourth-order valence-electron chi connectivity index (χ4n) is 3.91. The Kier molecular flexibility index (Phi) is 3.57. The molecule has 1 unspecified atom stereocenters. The summed E-state index contributed by atoms with van der Waals surface area (Å²) in [5, 5.41) is 0.530. The molecule has 6 nitrogen and oxygen atoms in total. The molecular formula is C21H18N4O2. The number of fused-ring (bicyclic) bond motifs is 2. The highest BCUT2D eigenvalue weighted by molar-refractivity contribution is 5.97. The Bertz CT molecular complexity index is 1190. The Balaban J connectivity index is 1.54. The highest BCUT2D eigenvalue weighted by Crippen LogP contribution is 2.32. The number of rotatable bonds is 2. The predicted octanol–water partition coefficient (Wildman–Crippen LogP) is 3.38. The molecule has 2 aromatic heterocycles. The van der Waals surface area contributed by atoms with E-state index in [0.717, 1.165) is 35.2 Å². The molecule has 1 saturated heterocycles. The number of nitrogens with one attached hydrogen (secondary N) is 2. The predicted molar refractivity (Wildman–Crippen MR) is 104 cm³/mol. The van der Waals surface area contributed by atoms with Gasteiger partial charge >= 0.3 is 0 Å². The van der Waals surface area contributed by atoms with E-state index in [0.29, 0.717) is 11.9 Å². The summed E-state index contributed by atoms with van der Waals surface area (Å²) >= 11 is 0. The molecule has 3 heterocycles. The number of imidazole rings is 1. The number of benzene rings is 2. The standard InChI is InChI=1S/C21H18N4O2/c26-19-13-6-1-2-7-15(13)22-12-14(19)21(27)25-11-5-10-18(25)20-23-16-8-3-4-9-17(16)24-20/h1-4,6-9,12,18H,5,10-11H2,(H,22,26)(H,23,24). The molecule has 0 radical (unpaired) electrons. The van der Waals surface area contributed by atoms with E-state index in [1.54, 1.807) is 17.0 Å². The summed E-state index contributed by atoms with van der Waals surface area (Å²) in [5.41, 5.74) is 2.52. The molecule has 1 aliphatic rings. The van der Waals surface area contributed by atoms with Gasteiger partial charge in [0.05, 0.1) is 17.1 Å². The van der Waals surface area contributed by atoms with Crippen molar-refractivity contribution in [3.05, 3.63) is 76.3 Å². The first-order chi connectivity index (χ1) is 13.2. The third-order valence-corrected chi connectivity index (χ3v) is 5.26. The molecule has 4 aromatic rings. The van der Waals surface area contributed by atoms with Crippen molar-refractivity contribution in [1.82, 2.24) is 19.9 Å². The molecule has 1 amide bonds. The van der Waals surface area contributed by atoms with E-state index in [-0.39, 0.29) is 22.9 Å². The summed E-state index contributed by atoms with van der Waals surface area (Å²) in [4.78, 5) is 38.8. The van der Waals surface area contributed by atoms with Crippen LogP contribution in [0.5, 0.6) is 0 Å². The minimum Gasteiger partial charge on any atom is -0.360 e. The normalized spacial score (nSPS) is 17.0. The van der Waals surface area contributed by atoms with Crippen LogP contribution in [0.15, 0.2) is 59.5 Å². The van der Waals surface area contributed by atoms with Crippen LogP contribution in [-0.4, -0.2) is 32.3 Å². The molecule has 2 aromatic carbocycles. The van der Waals surface area contributed by atoms with Crippen molar-refractivity contribution in [2.24, 2.45) is 0 Å². The van der Waals surface area contributed by atoms with Crippen molar-refractivity contribution in [3.63, 3.8) is 0 Å². The average molecular weight is 358 g/mol. The molecule has 0 spiro atoms. The van der Waals surface area contributed by atoms with Crippen molar-refractivity contribution in [2.75, 3.05) is 6.54 Å². The van der Waals surface area contributed by atoms with E-state index < -0.39 is 0 Å². The lowest BCUT2D eigenvalue weighted by atomic mass is 10.1. The van der Waals surface area contributed by atoms with Crippen molar-refractivity contribution in [3.8, 4) is 0 Å². The fraction of sp³-hybridized carbons (Fsp3) is 0.190. The van der Waals surface area contributed by atoms with Gasteiger partial charge in [0.15, 0.2) is 0 Å². The van der Waals surface area contributed by atoms with Crippen molar-refractivity contribution < 1.29 is 4.79 Å². The second-order valence-electron chi connectivity index (χ2n) is 6.87. The van der Waals surface area contributed by atoms with Gasteiger partial charge in [-0.3, -0.25) is 9.59 Å². The van der Waals surface area contributed by atoms with Gasteiger partial charge in [0.2, 0.25) is 5.43 Å². The van der Waals surface area contributed by atoms with Gasteiger partial charge in [0.1, 0.15) is 11.4 Å². The molecule has 5 rings (SSSR count). The van der Waals surface area contributed by atoms with Crippen LogP contribution in [0.4, 0.5) is 0 Å². The first-order valence-electron chi connectivity index (χ1n) is 9.08. The van der Waals surface area contributed by atoms with E-state index in [9.17, 15) is 9.59 Å². The average Bonchev–Trinajstić information content (AvgIpc) is 3.34. The van der Waals surface area contributed by atoms with Gasteiger partial charge in [0.25, 0.3) is 5.91 Å². The number of aromatic nitrogens is 3. The number of para-hydroxylation sites is 3. The van der Waals surface area contributed by atoms with Gasteiger partial charge in [-0.15, -0.1) is 0 Å². The highest BCUT2D eigenvalue weighted by Gasteiger charge is 2.33. The Morgan fingerprint density at radius 1 is 1.07 bits per heavy atom. The molecule has 0 bridgehead atoms. The Labute approximate surface area is 154 Å². The number of aromatic amines is 2. The zero-order chi connectivity index (χ0) is 18.4. The lowest BCUT2D eigenvalue weighted by Gasteiger charge is -2.23. The molecular weight excluding hydrogens is 340 g/mol. The Morgan fingerprint density at radius 2 is 1.85 bits per heavy atom. The van der Waals surface area contributed by atoms with Crippen LogP contribution in [0.1, 0.15) is 35.1 Å². The van der Waals surface area contributed by atoms with Gasteiger partial charge in [-0.2, -0.15) is 0 Å². The molecule has 2 N–H and O–H groups in total. The first kappa shape index (κ1) is 15.8. The Hall–Kier alpha value is -3.41. The number of carbonyl (C=O) groups is 1. The van der Waals surface area contributed by atoms with Crippen molar-refractivity contribution in [1.29, 1.82) is 0 Å². The number of hydrogen-bond acceptors (Lipinski definition) is 3. The summed E-state index contributed by atoms with van der Waals surface area (Å²) in [7, 11) is 0. The summed E-state index contributed by atoms with van der Waals surface area (Å²) in [5.74, 6) is 0.532. The van der Waals surface area contributed by atoms with Crippen LogP contribution in [0, 0.1) is 0 Å². The van der Waals surface area contributed by atoms with Crippen LogP contribution in [0.3, 0.4) is 0 Å². The molecule has 1 fully saturated rings. The lowest BCUT2D eigenvalue weighted by Crippen LogP contribution is -2.34. The van der Waals surface area contributed by atoms with Gasteiger partial charge in [-0.05, 0) is 37.1 Å². The van der Waals surface area contributed by atoms with Crippen LogP contribution >= 0.6 is 0 Å². The van der Waals surface area contributed by atoms with E-state index in [4.69, 9.17) is 0 Å². The SMILES string of the molecule is O=C(c1c[nH]c2ccccc2c1=O)N1CCCC1c1nc2ccccc2[nH]1. The summed E-state index contributed by atoms with van der Waals surface area (Å²) < 4.78 is 0. The van der Waals surface area contributed by atoms with E-state index in [1.165, 1.54) is 6.20 Å². The van der Waals surface area contributed by atoms with Crippen molar-refractivity contribution in [2.45, 2.75) is 18.9 Å². The quantitative estimate of drug-likeness (QED) is 0.576. The largest absolute Gasteiger partial charge is 0.360 e. The maximum absolute atomic E-state index is 13.2. The van der Waals surface area contributed by atoms with E-state index >= 15 is 0 Å². The topological polar surface area (TPSA) is 81.8 Å². The van der Waals surface area contributed by atoms with E-state index in [1.807, 2.05) is 36.4 Å². The Morgan fingerprint density at radius 3 is 2.70 bits per heavy atom. The van der Waals surface area contributed by atoms with Gasteiger partial charge < -0.3 is 14.9 Å². The van der Waals surface area contributed by atoms with Crippen LogP contribution in [0.2, 0.25) is 0 Å². The summed E-state index contributed by atoms with van der Waals surface area (Å²) in [6, 6.07) is 14.9. The van der Waals surface area contributed by atoms with Crippen LogP contribution < -0.4 is 5.43 Å². The minimum atomic E-state index is -0.245. The molecule has 0 aliphatic carbocycles. The summed E-state index contributed by atoms with van der Waals surface area (Å²) in [6.45, 7) is 0.618. The molecule has 0 saturated carbocycles. The maximum atomic E-state index is 13.2. The van der Waals surface area contributed by atoms with Crippen LogP contribution in [-0.2, 0) is 0 Å². The smallest absolute Gasteiger partial charge is 0.259 e. The fourth-order valence-corrected chi connectivity index (χ4v) is 3.91. The van der Waals surface area contributed by atoms with Crippen molar-refractivity contribution >= 4 is 27.8 Å². The number of pyridine rings is 1. The zero-order valence-corrected chi connectivity index (χ0v) is 14.6. The highest BCUT2D eigenvalue weighted by atomic mass is 16.2. The molecule has 1 aliphatic heterocycles. The number of nitrogens with zero attached hydrogens (tertiary/aromatic N) is 2. The van der Waals surface area contributed by atoms with E-state index in [2.05, 4.69) is 15.0 Å².